The topological polar surface area (TPSA) is 37.3 Å². The normalized spacial score (nSPS) is 28.2. The minimum absolute atomic E-state index is 0.518. The van der Waals surface area contributed by atoms with Crippen molar-refractivity contribution in [3.05, 3.63) is 20.8 Å². The van der Waals surface area contributed by atoms with Crippen LogP contribution in [0.1, 0.15) is 43.9 Å². The summed E-state index contributed by atoms with van der Waals surface area (Å²) in [5.41, 5.74) is -0.518. The van der Waals surface area contributed by atoms with E-state index in [2.05, 4.69) is 22.9 Å². The molecule has 1 aromatic heterocycles. The number of carbonyl (C=O) groups is 1. The summed E-state index contributed by atoms with van der Waals surface area (Å²) in [4.78, 5) is 12.9. The number of thiophene rings is 1. The van der Waals surface area contributed by atoms with Gasteiger partial charge in [-0.3, -0.25) is 4.79 Å². The van der Waals surface area contributed by atoms with Crippen molar-refractivity contribution in [1.29, 1.82) is 0 Å². The van der Waals surface area contributed by atoms with Crippen LogP contribution in [0, 0.1) is 11.3 Å². The molecular weight excluding hydrogens is 312 g/mol. The Balaban J connectivity index is 2.11. The van der Waals surface area contributed by atoms with Gasteiger partial charge in [0.15, 0.2) is 0 Å². The van der Waals surface area contributed by atoms with Crippen LogP contribution in [-0.2, 0) is 11.2 Å². The van der Waals surface area contributed by atoms with Crippen molar-refractivity contribution in [3.8, 4) is 0 Å². The average Bonchev–Trinajstić information content (AvgIpc) is 2.75. The molecule has 1 aromatic rings. The largest absolute Gasteiger partial charge is 0.481 e. The fourth-order valence-electron chi connectivity index (χ4n) is 2.88. The molecule has 18 heavy (non-hydrogen) atoms. The molecule has 1 N–H and O–H groups in total. The molecule has 0 amide bonds. The first-order chi connectivity index (χ1) is 8.55. The number of hydrogen-bond acceptors (Lipinski definition) is 2. The molecule has 0 aliphatic heterocycles. The van der Waals surface area contributed by atoms with Crippen LogP contribution in [0.25, 0.3) is 0 Å². The summed E-state index contributed by atoms with van der Waals surface area (Å²) in [6.45, 7) is 2.20. The third-order valence-corrected chi connectivity index (χ3v) is 5.86. The second-order valence-corrected chi connectivity index (χ2v) is 7.87. The zero-order valence-electron chi connectivity index (χ0n) is 10.6. The van der Waals surface area contributed by atoms with Crippen LogP contribution in [0.3, 0.4) is 0 Å². The van der Waals surface area contributed by atoms with Crippen molar-refractivity contribution in [1.82, 2.24) is 0 Å². The molecule has 2 nitrogen and oxygen atoms in total. The van der Waals surface area contributed by atoms with Gasteiger partial charge in [-0.15, -0.1) is 11.3 Å². The molecule has 1 aliphatic rings. The Morgan fingerprint density at radius 2 is 2.17 bits per heavy atom. The second kappa shape index (κ2) is 5.74. The van der Waals surface area contributed by atoms with E-state index in [9.17, 15) is 9.90 Å². The summed E-state index contributed by atoms with van der Waals surface area (Å²) in [5, 5.41) is 9.61. The molecule has 1 fully saturated rings. The third kappa shape index (κ3) is 2.97. The summed E-state index contributed by atoms with van der Waals surface area (Å²) in [7, 11) is 0. The Morgan fingerprint density at radius 3 is 2.61 bits per heavy atom. The van der Waals surface area contributed by atoms with E-state index in [4.69, 9.17) is 0 Å². The van der Waals surface area contributed by atoms with Crippen LogP contribution < -0.4 is 0 Å². The molecular formula is C14H19BrO2S. The van der Waals surface area contributed by atoms with Gasteiger partial charge in [0.2, 0.25) is 0 Å². The van der Waals surface area contributed by atoms with Crippen molar-refractivity contribution in [2.75, 3.05) is 0 Å². The molecule has 0 unspecified atom stereocenters. The van der Waals surface area contributed by atoms with E-state index >= 15 is 0 Å². The Kier molecular flexibility index (Phi) is 4.49. The maximum Gasteiger partial charge on any atom is 0.309 e. The van der Waals surface area contributed by atoms with Crippen LogP contribution in [0.2, 0.25) is 0 Å². The zero-order valence-corrected chi connectivity index (χ0v) is 13.0. The fraction of sp³-hybridized carbons (Fsp3) is 0.643. The minimum Gasteiger partial charge on any atom is -0.481 e. The summed E-state index contributed by atoms with van der Waals surface area (Å²) in [6, 6.07) is 4.05. The summed E-state index contributed by atoms with van der Waals surface area (Å²) >= 11 is 5.10. The number of rotatable bonds is 4. The molecule has 1 aliphatic carbocycles. The standard InChI is InChI=1S/C14H19BrO2S/c1-2-10-5-7-14(8-6-10,13(16)17)9-11-3-4-12(15)18-11/h3-4,10H,2,5-9H2,1H3,(H,16,17). The SMILES string of the molecule is CCC1CCC(Cc2ccc(Br)s2)(C(=O)O)CC1. The number of halogens is 1. The van der Waals surface area contributed by atoms with Crippen LogP contribution >= 0.6 is 27.3 Å². The maximum absolute atomic E-state index is 11.7. The van der Waals surface area contributed by atoms with Crippen molar-refractivity contribution in [3.63, 3.8) is 0 Å². The number of hydrogen-bond donors (Lipinski definition) is 1. The first-order valence-electron chi connectivity index (χ1n) is 6.53. The highest BCUT2D eigenvalue weighted by Gasteiger charge is 2.41. The first-order valence-corrected chi connectivity index (χ1v) is 8.14. The molecule has 0 atom stereocenters. The molecule has 100 valence electrons. The lowest BCUT2D eigenvalue weighted by molar-refractivity contribution is -0.151. The van der Waals surface area contributed by atoms with Crippen LogP contribution in [-0.4, -0.2) is 11.1 Å². The Labute approximate surface area is 121 Å². The van der Waals surface area contributed by atoms with E-state index in [1.165, 1.54) is 11.3 Å². The molecule has 4 heteroatoms. The van der Waals surface area contributed by atoms with Gasteiger partial charge in [-0.25, -0.2) is 0 Å². The lowest BCUT2D eigenvalue weighted by Crippen LogP contribution is -2.37. The van der Waals surface area contributed by atoms with Gasteiger partial charge in [-0.1, -0.05) is 13.3 Å². The van der Waals surface area contributed by atoms with Gasteiger partial charge in [0.1, 0.15) is 0 Å². The van der Waals surface area contributed by atoms with Crippen molar-refractivity contribution < 1.29 is 9.90 Å². The van der Waals surface area contributed by atoms with Crippen LogP contribution in [0.15, 0.2) is 15.9 Å². The lowest BCUT2D eigenvalue weighted by atomic mass is 9.68. The van der Waals surface area contributed by atoms with Crippen LogP contribution in [0.5, 0.6) is 0 Å². The van der Waals surface area contributed by atoms with Gasteiger partial charge in [-0.05, 0) is 66.1 Å². The van der Waals surface area contributed by atoms with Crippen molar-refractivity contribution in [2.45, 2.75) is 45.4 Å². The predicted octanol–water partition coefficient (Wildman–Crippen LogP) is 4.72. The van der Waals surface area contributed by atoms with Gasteiger partial charge >= 0.3 is 5.97 Å². The molecule has 0 spiro atoms. The van der Waals surface area contributed by atoms with E-state index in [0.717, 1.165) is 35.4 Å². The highest BCUT2D eigenvalue weighted by Crippen LogP contribution is 2.43. The third-order valence-electron chi connectivity index (χ3n) is 4.23. The Hall–Kier alpha value is -0.350. The molecule has 2 rings (SSSR count). The second-order valence-electron chi connectivity index (χ2n) is 5.32. The van der Waals surface area contributed by atoms with Gasteiger partial charge in [0, 0.05) is 4.88 Å². The smallest absolute Gasteiger partial charge is 0.309 e. The number of aliphatic carboxylic acids is 1. The Morgan fingerprint density at radius 1 is 1.50 bits per heavy atom. The fourth-order valence-corrected chi connectivity index (χ4v) is 4.51. The number of carboxylic acid groups (broad SMARTS) is 1. The van der Waals surface area contributed by atoms with E-state index in [1.54, 1.807) is 11.3 Å². The molecule has 1 saturated carbocycles. The van der Waals surface area contributed by atoms with E-state index in [-0.39, 0.29) is 0 Å². The molecule has 0 radical (unpaired) electrons. The Bertz CT molecular complexity index is 419. The quantitative estimate of drug-likeness (QED) is 0.866. The van der Waals surface area contributed by atoms with E-state index in [0.29, 0.717) is 6.42 Å². The van der Waals surface area contributed by atoms with Gasteiger partial charge in [0.05, 0.1) is 9.20 Å². The predicted molar refractivity (Wildman–Crippen MR) is 78.0 cm³/mol. The van der Waals surface area contributed by atoms with Gasteiger partial charge < -0.3 is 5.11 Å². The number of carboxylic acids is 1. The molecule has 0 saturated heterocycles. The lowest BCUT2D eigenvalue weighted by Gasteiger charge is -2.36. The average molecular weight is 331 g/mol. The van der Waals surface area contributed by atoms with E-state index in [1.807, 2.05) is 12.1 Å². The minimum atomic E-state index is -0.610. The van der Waals surface area contributed by atoms with Crippen molar-refractivity contribution in [2.24, 2.45) is 11.3 Å². The monoisotopic (exact) mass is 330 g/mol. The van der Waals surface area contributed by atoms with Gasteiger partial charge in [0.25, 0.3) is 0 Å². The van der Waals surface area contributed by atoms with Gasteiger partial charge in [-0.2, -0.15) is 0 Å². The zero-order chi connectivity index (χ0) is 13.2. The molecule has 0 aromatic carbocycles. The summed E-state index contributed by atoms with van der Waals surface area (Å²) in [5.74, 6) is 0.120. The highest BCUT2D eigenvalue weighted by molar-refractivity contribution is 9.11. The van der Waals surface area contributed by atoms with Crippen molar-refractivity contribution >= 4 is 33.2 Å². The molecule has 0 bridgehead atoms. The summed E-state index contributed by atoms with van der Waals surface area (Å²) < 4.78 is 1.08. The highest BCUT2D eigenvalue weighted by atomic mass is 79.9. The molecule has 1 heterocycles. The van der Waals surface area contributed by atoms with E-state index < -0.39 is 11.4 Å². The first kappa shape index (κ1) is 14.1. The maximum atomic E-state index is 11.7. The van der Waals surface area contributed by atoms with Crippen LogP contribution in [0.4, 0.5) is 0 Å². The summed E-state index contributed by atoms with van der Waals surface area (Å²) in [6.07, 6.45) is 5.66.